The molecule has 0 aliphatic heterocycles. The largest absolute Gasteiger partial charge is 0.481 e. The number of aryl methyl sites for hydroxylation is 2. The number of hydrogen-bond donors (Lipinski definition) is 1. The highest BCUT2D eigenvalue weighted by Gasteiger charge is 2.21. The van der Waals surface area contributed by atoms with E-state index < -0.39 is 5.91 Å². The number of halogens is 5. The van der Waals surface area contributed by atoms with Crippen molar-refractivity contribution < 1.29 is 9.53 Å². The second-order valence-corrected chi connectivity index (χ2v) is 6.80. The van der Waals surface area contributed by atoms with Crippen LogP contribution in [0.3, 0.4) is 0 Å². The van der Waals surface area contributed by atoms with E-state index in [0.29, 0.717) is 11.4 Å². The monoisotopic (exact) mass is 429 g/mol. The summed E-state index contributed by atoms with van der Waals surface area (Å²) < 4.78 is 7.04. The lowest BCUT2D eigenvalue weighted by atomic mass is 10.3. The minimum absolute atomic E-state index is 0.00193. The zero-order chi connectivity index (χ0) is 18.2. The highest BCUT2D eigenvalue weighted by atomic mass is 35.5. The van der Waals surface area contributed by atoms with Crippen LogP contribution in [0.4, 0.5) is 5.69 Å². The third-order valence-corrected chi connectivity index (χ3v) is 5.53. The van der Waals surface area contributed by atoms with E-state index in [1.165, 1.54) is 0 Å². The normalized spacial score (nSPS) is 10.8. The van der Waals surface area contributed by atoms with Crippen molar-refractivity contribution in [1.82, 2.24) is 9.78 Å². The molecular formula is C14H12Cl5N3O2. The molecular weight excluding hydrogens is 419 g/mol. The first kappa shape index (κ1) is 19.5. The van der Waals surface area contributed by atoms with Gasteiger partial charge in [-0.15, -0.1) is 0 Å². The minimum Gasteiger partial charge on any atom is -0.481 e. The predicted molar refractivity (Wildman–Crippen MR) is 98.3 cm³/mol. The van der Waals surface area contributed by atoms with Crippen LogP contribution in [0.15, 0.2) is 0 Å². The molecule has 0 radical (unpaired) electrons. The fourth-order valence-corrected chi connectivity index (χ4v) is 3.21. The van der Waals surface area contributed by atoms with Gasteiger partial charge >= 0.3 is 0 Å². The fraction of sp³-hybridized carbons (Fsp3) is 0.286. The Balaban J connectivity index is 2.16. The topological polar surface area (TPSA) is 56.2 Å². The lowest BCUT2D eigenvalue weighted by molar-refractivity contribution is -0.118. The van der Waals surface area contributed by atoms with Gasteiger partial charge in [-0.1, -0.05) is 58.0 Å². The second-order valence-electron chi connectivity index (χ2n) is 4.91. The third-order valence-electron chi connectivity index (χ3n) is 3.29. The van der Waals surface area contributed by atoms with Crippen molar-refractivity contribution in [1.29, 1.82) is 0 Å². The maximum absolute atomic E-state index is 12.1. The first-order valence-electron chi connectivity index (χ1n) is 6.59. The Morgan fingerprint density at radius 2 is 1.54 bits per heavy atom. The molecule has 130 valence electrons. The summed E-state index contributed by atoms with van der Waals surface area (Å²) in [6, 6.07) is 0. The molecule has 0 aliphatic rings. The van der Waals surface area contributed by atoms with Crippen LogP contribution in [-0.4, -0.2) is 22.3 Å². The SMILES string of the molecule is Cc1nn(C)c(C)c1NC(=O)COc1c(Cl)c(Cl)c(Cl)c(Cl)c1Cl. The van der Waals surface area contributed by atoms with Crippen LogP contribution in [0.2, 0.25) is 25.1 Å². The van der Waals surface area contributed by atoms with Gasteiger partial charge in [0.2, 0.25) is 0 Å². The molecule has 1 amide bonds. The quantitative estimate of drug-likeness (QED) is 0.526. The number of nitrogens with zero attached hydrogens (tertiary/aromatic N) is 2. The van der Waals surface area contributed by atoms with Crippen LogP contribution in [-0.2, 0) is 11.8 Å². The summed E-state index contributed by atoms with van der Waals surface area (Å²) in [6.07, 6.45) is 0. The van der Waals surface area contributed by atoms with Gasteiger partial charge in [0.25, 0.3) is 5.91 Å². The van der Waals surface area contributed by atoms with Gasteiger partial charge in [-0.25, -0.2) is 0 Å². The molecule has 1 aromatic carbocycles. The molecule has 0 aliphatic carbocycles. The van der Waals surface area contributed by atoms with Crippen molar-refractivity contribution in [3.05, 3.63) is 36.5 Å². The Bertz CT molecular complexity index is 790. The minimum atomic E-state index is -0.413. The number of ether oxygens (including phenoxy) is 1. The van der Waals surface area contributed by atoms with E-state index in [4.69, 9.17) is 62.7 Å². The maximum Gasteiger partial charge on any atom is 0.262 e. The number of amides is 1. The van der Waals surface area contributed by atoms with Crippen molar-refractivity contribution >= 4 is 69.6 Å². The Morgan fingerprint density at radius 3 is 2.00 bits per heavy atom. The summed E-state index contributed by atoms with van der Waals surface area (Å²) in [5.74, 6) is -0.420. The molecule has 24 heavy (non-hydrogen) atoms. The van der Waals surface area contributed by atoms with E-state index in [1.807, 2.05) is 6.92 Å². The van der Waals surface area contributed by atoms with E-state index in [2.05, 4.69) is 10.4 Å². The average Bonchev–Trinajstić information content (AvgIpc) is 2.77. The zero-order valence-corrected chi connectivity index (χ0v) is 16.6. The number of aromatic nitrogens is 2. The second kappa shape index (κ2) is 7.58. The molecule has 2 rings (SSSR count). The van der Waals surface area contributed by atoms with Crippen molar-refractivity contribution in [3.63, 3.8) is 0 Å². The molecule has 0 saturated carbocycles. The van der Waals surface area contributed by atoms with Crippen molar-refractivity contribution in [2.45, 2.75) is 13.8 Å². The molecule has 2 aromatic rings. The molecule has 1 aromatic heterocycles. The Morgan fingerprint density at radius 1 is 1.04 bits per heavy atom. The molecule has 0 unspecified atom stereocenters. The number of anilines is 1. The van der Waals surface area contributed by atoms with E-state index >= 15 is 0 Å². The van der Waals surface area contributed by atoms with Gasteiger partial charge in [-0.05, 0) is 13.8 Å². The van der Waals surface area contributed by atoms with Crippen LogP contribution in [0.5, 0.6) is 5.75 Å². The number of carbonyl (C=O) groups is 1. The van der Waals surface area contributed by atoms with E-state index in [-0.39, 0.29) is 37.5 Å². The van der Waals surface area contributed by atoms with Gasteiger partial charge in [0.05, 0.1) is 32.1 Å². The van der Waals surface area contributed by atoms with Crippen molar-refractivity contribution in [3.8, 4) is 5.75 Å². The van der Waals surface area contributed by atoms with Crippen LogP contribution >= 0.6 is 58.0 Å². The summed E-state index contributed by atoms with van der Waals surface area (Å²) in [6.45, 7) is 3.28. The van der Waals surface area contributed by atoms with Crippen molar-refractivity contribution in [2.75, 3.05) is 11.9 Å². The highest BCUT2D eigenvalue weighted by molar-refractivity contribution is 6.55. The standard InChI is InChI=1S/C14H12Cl5N3O2/c1-5-13(6(2)22(3)21-5)20-7(23)4-24-14-11(18)9(16)8(15)10(17)12(14)19/h4H2,1-3H3,(H,20,23). The maximum atomic E-state index is 12.1. The molecule has 0 spiro atoms. The van der Waals surface area contributed by atoms with E-state index in [0.717, 1.165) is 5.69 Å². The molecule has 0 atom stereocenters. The summed E-state index contributed by atoms with van der Waals surface area (Å²) in [7, 11) is 1.78. The van der Waals surface area contributed by atoms with Gasteiger partial charge in [0, 0.05) is 7.05 Å². The molecule has 5 nitrogen and oxygen atoms in total. The molecule has 1 heterocycles. The van der Waals surface area contributed by atoms with Gasteiger partial charge in [-0.2, -0.15) is 5.10 Å². The van der Waals surface area contributed by atoms with Crippen LogP contribution < -0.4 is 10.1 Å². The van der Waals surface area contributed by atoms with Gasteiger partial charge in [0.1, 0.15) is 10.0 Å². The zero-order valence-electron chi connectivity index (χ0n) is 12.8. The number of benzene rings is 1. The number of nitrogens with one attached hydrogen (secondary N) is 1. The van der Waals surface area contributed by atoms with Gasteiger partial charge < -0.3 is 10.1 Å². The van der Waals surface area contributed by atoms with Crippen LogP contribution in [0.25, 0.3) is 0 Å². The molecule has 10 heteroatoms. The predicted octanol–water partition coefficient (Wildman–Crippen LogP) is 5.32. The first-order chi connectivity index (χ1) is 11.1. The Kier molecular flexibility index (Phi) is 6.15. The van der Waals surface area contributed by atoms with Crippen LogP contribution in [0, 0.1) is 13.8 Å². The smallest absolute Gasteiger partial charge is 0.262 e. The van der Waals surface area contributed by atoms with Crippen molar-refractivity contribution in [2.24, 2.45) is 7.05 Å². The number of rotatable bonds is 4. The Hall–Kier alpha value is -0.850. The lowest BCUT2D eigenvalue weighted by Gasteiger charge is -2.13. The molecule has 0 saturated heterocycles. The van der Waals surface area contributed by atoms with Gasteiger partial charge in [0.15, 0.2) is 12.4 Å². The number of hydrogen-bond acceptors (Lipinski definition) is 3. The average molecular weight is 432 g/mol. The summed E-state index contributed by atoms with van der Waals surface area (Å²) in [5, 5.41) is 6.93. The Labute approximate surface area is 163 Å². The molecule has 0 bridgehead atoms. The fourth-order valence-electron chi connectivity index (χ4n) is 1.98. The summed E-state index contributed by atoms with van der Waals surface area (Å²) in [5.41, 5.74) is 2.13. The van der Waals surface area contributed by atoms with E-state index in [9.17, 15) is 4.79 Å². The summed E-state index contributed by atoms with van der Waals surface area (Å²) in [4.78, 5) is 12.1. The van der Waals surface area contributed by atoms with E-state index in [1.54, 1.807) is 18.7 Å². The summed E-state index contributed by atoms with van der Waals surface area (Å²) >= 11 is 29.9. The van der Waals surface area contributed by atoms with Crippen LogP contribution in [0.1, 0.15) is 11.4 Å². The molecule has 0 fully saturated rings. The highest BCUT2D eigenvalue weighted by Crippen LogP contribution is 2.48. The molecule has 1 N–H and O–H groups in total. The number of carbonyl (C=O) groups excluding carboxylic acids is 1. The third kappa shape index (κ3) is 3.70. The first-order valence-corrected chi connectivity index (χ1v) is 8.48. The lowest BCUT2D eigenvalue weighted by Crippen LogP contribution is -2.21. The van der Waals surface area contributed by atoms with Gasteiger partial charge in [-0.3, -0.25) is 9.48 Å².